The summed E-state index contributed by atoms with van der Waals surface area (Å²) in [6, 6.07) is -0.128. The van der Waals surface area contributed by atoms with Crippen molar-refractivity contribution in [1.29, 1.82) is 0 Å². The van der Waals surface area contributed by atoms with Crippen LogP contribution in [0.15, 0.2) is 11.4 Å². The molecule has 0 bridgehead atoms. The van der Waals surface area contributed by atoms with Crippen LogP contribution in [0.5, 0.6) is 0 Å². The molecule has 0 aromatic carbocycles. The van der Waals surface area contributed by atoms with Crippen molar-refractivity contribution in [2.24, 2.45) is 0 Å². The van der Waals surface area contributed by atoms with Crippen molar-refractivity contribution in [3.05, 3.63) is 11.9 Å². The average Bonchev–Trinajstić information content (AvgIpc) is 2.66. The fourth-order valence-corrected chi connectivity index (χ4v) is 4.71. The van der Waals surface area contributed by atoms with Crippen LogP contribution in [0.25, 0.3) is 0 Å². The average molecular weight is 304 g/mol. The van der Waals surface area contributed by atoms with Crippen molar-refractivity contribution in [2.75, 3.05) is 17.3 Å². The van der Waals surface area contributed by atoms with Crippen molar-refractivity contribution in [2.45, 2.75) is 31.0 Å². The van der Waals surface area contributed by atoms with E-state index in [1.54, 1.807) is 6.20 Å². The molecule has 19 heavy (non-hydrogen) atoms. The van der Waals surface area contributed by atoms with Gasteiger partial charge in [-0.1, -0.05) is 11.8 Å². The normalized spacial score (nSPS) is 22.3. The molecule has 0 spiro atoms. The maximum absolute atomic E-state index is 11.7. The predicted octanol–water partition coefficient (Wildman–Crippen LogP) is 1.12. The molecule has 1 fully saturated rings. The number of imidazole rings is 1. The van der Waals surface area contributed by atoms with E-state index in [0.29, 0.717) is 11.6 Å². The summed E-state index contributed by atoms with van der Waals surface area (Å²) in [4.78, 5) is 14.9. The van der Waals surface area contributed by atoms with Gasteiger partial charge in [-0.05, 0) is 19.8 Å². The number of hydrogen-bond donors (Lipinski definition) is 1. The Morgan fingerprint density at radius 3 is 3.00 bits per heavy atom. The minimum atomic E-state index is -2.99. The molecule has 1 atom stereocenters. The molecule has 2 heterocycles. The number of thioether (sulfide) groups is 1. The van der Waals surface area contributed by atoms with E-state index >= 15 is 0 Å². The second-order valence-corrected chi connectivity index (χ2v) is 7.84. The van der Waals surface area contributed by atoms with Gasteiger partial charge in [-0.3, -0.25) is 4.79 Å². The Kier molecular flexibility index (Phi) is 4.19. The lowest BCUT2D eigenvalue weighted by molar-refractivity contribution is -0.133. The first kappa shape index (κ1) is 14.4. The molecule has 0 aliphatic carbocycles. The van der Waals surface area contributed by atoms with E-state index in [0.717, 1.165) is 23.9 Å². The Morgan fingerprint density at radius 2 is 2.37 bits per heavy atom. The molecule has 0 amide bonds. The highest BCUT2D eigenvalue weighted by Crippen LogP contribution is 2.28. The maximum Gasteiger partial charge on any atom is 0.313 e. The minimum Gasteiger partial charge on any atom is -0.481 e. The van der Waals surface area contributed by atoms with Gasteiger partial charge in [0.05, 0.1) is 23.0 Å². The molecule has 2 rings (SSSR count). The first-order valence-corrected chi connectivity index (χ1v) is 8.78. The molecule has 1 aromatic heterocycles. The molecule has 1 unspecified atom stereocenters. The van der Waals surface area contributed by atoms with Crippen LogP contribution in [0.1, 0.15) is 24.6 Å². The molecule has 1 saturated heterocycles. The highest BCUT2D eigenvalue weighted by atomic mass is 32.2. The first-order chi connectivity index (χ1) is 8.87. The first-order valence-electron chi connectivity index (χ1n) is 5.98. The number of carboxylic acid groups (broad SMARTS) is 1. The smallest absolute Gasteiger partial charge is 0.313 e. The third-order valence-electron chi connectivity index (χ3n) is 2.98. The lowest BCUT2D eigenvalue weighted by Gasteiger charge is -2.24. The number of aliphatic carboxylic acids is 1. The van der Waals surface area contributed by atoms with Crippen molar-refractivity contribution in [3.8, 4) is 0 Å². The zero-order valence-electron chi connectivity index (χ0n) is 10.6. The number of aryl methyl sites for hydroxylation is 1. The van der Waals surface area contributed by atoms with E-state index < -0.39 is 15.8 Å². The molecular formula is C11H16N2O4S2. The number of hydrogen-bond acceptors (Lipinski definition) is 5. The van der Waals surface area contributed by atoms with E-state index in [9.17, 15) is 13.2 Å². The van der Waals surface area contributed by atoms with Crippen LogP contribution in [0.4, 0.5) is 0 Å². The molecule has 0 saturated carbocycles. The molecular weight excluding hydrogens is 288 g/mol. The molecule has 0 radical (unpaired) electrons. The Bertz CT molecular complexity index is 580. The second-order valence-electron chi connectivity index (χ2n) is 4.66. The summed E-state index contributed by atoms with van der Waals surface area (Å²) >= 11 is 1.13. The van der Waals surface area contributed by atoms with Gasteiger partial charge in [0.25, 0.3) is 0 Å². The fourth-order valence-electron chi connectivity index (χ4n) is 2.21. The highest BCUT2D eigenvalue weighted by Gasteiger charge is 2.27. The Labute approximate surface area is 116 Å². The van der Waals surface area contributed by atoms with Gasteiger partial charge >= 0.3 is 5.97 Å². The van der Waals surface area contributed by atoms with Crippen LogP contribution in [0, 0.1) is 6.92 Å². The molecule has 1 aromatic rings. The van der Waals surface area contributed by atoms with E-state index in [4.69, 9.17) is 5.11 Å². The third kappa shape index (κ3) is 3.73. The van der Waals surface area contributed by atoms with Gasteiger partial charge in [0.15, 0.2) is 15.0 Å². The summed E-state index contributed by atoms with van der Waals surface area (Å²) < 4.78 is 25.2. The van der Waals surface area contributed by atoms with Crippen molar-refractivity contribution in [3.63, 3.8) is 0 Å². The number of nitrogens with zero attached hydrogens (tertiary/aromatic N) is 2. The quantitative estimate of drug-likeness (QED) is 0.838. The number of carboxylic acids is 1. The number of rotatable bonds is 4. The van der Waals surface area contributed by atoms with E-state index in [1.807, 2.05) is 11.5 Å². The Morgan fingerprint density at radius 1 is 1.63 bits per heavy atom. The maximum atomic E-state index is 11.7. The third-order valence-corrected chi connectivity index (χ3v) is 5.73. The van der Waals surface area contributed by atoms with Crippen LogP contribution in [0.2, 0.25) is 0 Å². The molecule has 1 aliphatic heterocycles. The van der Waals surface area contributed by atoms with Crippen LogP contribution >= 0.6 is 11.8 Å². The van der Waals surface area contributed by atoms with Gasteiger partial charge in [-0.15, -0.1) is 0 Å². The zero-order valence-corrected chi connectivity index (χ0v) is 12.2. The lowest BCUT2D eigenvalue weighted by atomic mass is 10.2. The van der Waals surface area contributed by atoms with Gasteiger partial charge in [0.1, 0.15) is 0 Å². The van der Waals surface area contributed by atoms with E-state index in [2.05, 4.69) is 4.98 Å². The molecule has 1 aliphatic rings. The second kappa shape index (κ2) is 5.54. The summed E-state index contributed by atoms with van der Waals surface area (Å²) in [5.41, 5.74) is 0.774. The zero-order chi connectivity index (χ0) is 14.0. The minimum absolute atomic E-state index is 0.0735. The van der Waals surface area contributed by atoms with Gasteiger partial charge in [0, 0.05) is 12.2 Å². The van der Waals surface area contributed by atoms with Crippen LogP contribution in [-0.2, 0) is 14.6 Å². The predicted molar refractivity (Wildman–Crippen MR) is 72.2 cm³/mol. The Balaban J connectivity index is 2.21. The largest absolute Gasteiger partial charge is 0.481 e. The van der Waals surface area contributed by atoms with Gasteiger partial charge in [-0.2, -0.15) is 0 Å². The Hall–Kier alpha value is -1.02. The molecule has 6 nitrogen and oxygen atoms in total. The monoisotopic (exact) mass is 304 g/mol. The van der Waals surface area contributed by atoms with Gasteiger partial charge < -0.3 is 9.67 Å². The lowest BCUT2D eigenvalue weighted by Crippen LogP contribution is -2.27. The van der Waals surface area contributed by atoms with Crippen LogP contribution in [-0.4, -0.2) is 46.3 Å². The van der Waals surface area contributed by atoms with E-state index in [1.165, 1.54) is 0 Å². The van der Waals surface area contributed by atoms with Crippen LogP contribution in [0.3, 0.4) is 0 Å². The highest BCUT2D eigenvalue weighted by molar-refractivity contribution is 7.99. The van der Waals surface area contributed by atoms with Crippen LogP contribution < -0.4 is 0 Å². The van der Waals surface area contributed by atoms with E-state index in [-0.39, 0.29) is 23.3 Å². The topological polar surface area (TPSA) is 89.3 Å². The number of carbonyl (C=O) groups is 1. The molecule has 106 valence electrons. The summed E-state index contributed by atoms with van der Waals surface area (Å²) in [7, 11) is -2.99. The summed E-state index contributed by atoms with van der Waals surface area (Å²) in [5.74, 6) is -0.623. The number of sulfone groups is 1. The number of aromatic nitrogens is 2. The summed E-state index contributed by atoms with van der Waals surface area (Å²) in [5, 5.41) is 9.30. The molecule has 1 N–H and O–H groups in total. The fraction of sp³-hybridized carbons (Fsp3) is 0.636. The van der Waals surface area contributed by atoms with Crippen molar-refractivity contribution < 1.29 is 18.3 Å². The van der Waals surface area contributed by atoms with Crippen molar-refractivity contribution >= 4 is 27.6 Å². The van der Waals surface area contributed by atoms with Crippen molar-refractivity contribution in [1.82, 2.24) is 9.55 Å². The molecule has 8 heteroatoms. The standard InChI is InChI=1S/C11H16N2O4S2/c1-8-5-13(11(12-8)18-6-10(14)15)9-3-2-4-19(16,17)7-9/h5,9H,2-4,6-7H2,1H3,(H,14,15). The van der Waals surface area contributed by atoms with Gasteiger partial charge in [-0.25, -0.2) is 13.4 Å². The summed E-state index contributed by atoms with van der Waals surface area (Å²) in [6.07, 6.45) is 3.23. The van der Waals surface area contributed by atoms with Gasteiger partial charge in [0.2, 0.25) is 0 Å². The summed E-state index contributed by atoms with van der Waals surface area (Å²) in [6.45, 7) is 1.82. The SMILES string of the molecule is Cc1cn(C2CCCS(=O)(=O)C2)c(SCC(=O)O)n1.